The maximum Gasteiger partial charge on any atom is 0.315 e. The number of hydrogen-bond donors (Lipinski definition) is 3. The van der Waals surface area contributed by atoms with Crippen molar-refractivity contribution in [3.05, 3.63) is 0 Å². The molecule has 5 nitrogen and oxygen atoms in total. The Balaban J connectivity index is 3.97. The van der Waals surface area contributed by atoms with Crippen molar-refractivity contribution < 1.29 is 14.7 Å². The Kier molecular flexibility index (Phi) is 7.61. The third-order valence-electron chi connectivity index (χ3n) is 2.51. The number of urea groups is 1. The Morgan fingerprint density at radius 3 is 2.41 bits per heavy atom. The van der Waals surface area contributed by atoms with Crippen LogP contribution in [0.3, 0.4) is 0 Å². The second-order valence-corrected chi connectivity index (χ2v) is 3.85. The first-order valence-electron chi connectivity index (χ1n) is 5.75. The van der Waals surface area contributed by atoms with Gasteiger partial charge in [-0.15, -0.1) is 6.42 Å². The molecule has 2 unspecified atom stereocenters. The van der Waals surface area contributed by atoms with Crippen LogP contribution >= 0.6 is 0 Å². The van der Waals surface area contributed by atoms with Crippen LogP contribution in [0, 0.1) is 18.3 Å². The molecule has 0 fully saturated rings. The van der Waals surface area contributed by atoms with Crippen molar-refractivity contribution >= 4 is 12.0 Å². The summed E-state index contributed by atoms with van der Waals surface area (Å²) in [7, 11) is 0. The monoisotopic (exact) mass is 240 g/mol. The molecule has 0 aliphatic rings. The van der Waals surface area contributed by atoms with Crippen molar-refractivity contribution in [3.63, 3.8) is 0 Å². The number of nitrogens with one attached hydrogen (secondary N) is 2. The maximum atomic E-state index is 11.4. The highest BCUT2D eigenvalue weighted by molar-refractivity contribution is 5.74. The summed E-state index contributed by atoms with van der Waals surface area (Å²) in [4.78, 5) is 21.9. The van der Waals surface area contributed by atoms with Crippen LogP contribution in [0.15, 0.2) is 0 Å². The average Bonchev–Trinajstić information content (AvgIpc) is 2.30. The zero-order chi connectivity index (χ0) is 13.3. The average molecular weight is 240 g/mol. The molecule has 0 aliphatic carbocycles. The van der Waals surface area contributed by atoms with E-state index >= 15 is 0 Å². The topological polar surface area (TPSA) is 78.4 Å². The number of rotatable bonds is 7. The number of amides is 2. The Morgan fingerprint density at radius 2 is 2.00 bits per heavy atom. The lowest BCUT2D eigenvalue weighted by molar-refractivity contribution is -0.138. The first kappa shape index (κ1) is 15.3. The van der Waals surface area contributed by atoms with Gasteiger partial charge in [0.05, 0.1) is 6.04 Å². The lowest BCUT2D eigenvalue weighted by Crippen LogP contribution is -2.43. The maximum absolute atomic E-state index is 11.4. The van der Waals surface area contributed by atoms with Gasteiger partial charge in [0, 0.05) is 13.0 Å². The minimum Gasteiger partial charge on any atom is -0.481 e. The molecule has 2 amide bonds. The molecule has 0 radical (unpaired) electrons. The minimum absolute atomic E-state index is 0.0517. The van der Waals surface area contributed by atoms with Crippen LogP contribution in [0.5, 0.6) is 0 Å². The normalized spacial score (nSPS) is 13.2. The summed E-state index contributed by atoms with van der Waals surface area (Å²) in [5.74, 6) is 1.55. The number of carboxylic acids is 1. The summed E-state index contributed by atoms with van der Waals surface area (Å²) >= 11 is 0. The number of terminal acetylenes is 1. The molecular formula is C12H20N2O3. The fourth-order valence-electron chi connectivity index (χ4n) is 1.32. The number of carboxylic acid groups (broad SMARTS) is 1. The number of hydrogen-bond acceptors (Lipinski definition) is 2. The van der Waals surface area contributed by atoms with Gasteiger partial charge in [-0.1, -0.05) is 26.2 Å². The van der Waals surface area contributed by atoms with Crippen LogP contribution in [0.25, 0.3) is 0 Å². The lowest BCUT2D eigenvalue weighted by atomic mass is 10.0. The predicted molar refractivity (Wildman–Crippen MR) is 65.5 cm³/mol. The highest BCUT2D eigenvalue weighted by atomic mass is 16.4. The molecule has 0 bridgehead atoms. The van der Waals surface area contributed by atoms with E-state index in [4.69, 9.17) is 11.5 Å². The predicted octanol–water partition coefficient (Wildman–Crippen LogP) is 1.20. The van der Waals surface area contributed by atoms with E-state index in [9.17, 15) is 9.59 Å². The van der Waals surface area contributed by atoms with E-state index in [0.29, 0.717) is 19.4 Å². The molecule has 0 heterocycles. The molecular weight excluding hydrogens is 220 g/mol. The second-order valence-electron chi connectivity index (χ2n) is 3.85. The van der Waals surface area contributed by atoms with Gasteiger partial charge in [0.2, 0.25) is 0 Å². The van der Waals surface area contributed by atoms with E-state index < -0.39 is 5.97 Å². The van der Waals surface area contributed by atoms with Crippen molar-refractivity contribution in [2.75, 3.05) is 6.54 Å². The SMILES string of the molecule is C#CC(CC)NC(=O)NCC(CC)CC(=O)O. The molecule has 0 aromatic rings. The zero-order valence-electron chi connectivity index (χ0n) is 10.3. The van der Waals surface area contributed by atoms with Gasteiger partial charge < -0.3 is 15.7 Å². The molecule has 0 aromatic heterocycles. The van der Waals surface area contributed by atoms with Crippen LogP contribution in [0.4, 0.5) is 4.79 Å². The van der Waals surface area contributed by atoms with Crippen molar-refractivity contribution in [1.82, 2.24) is 10.6 Å². The molecule has 0 rings (SSSR count). The fraction of sp³-hybridized carbons (Fsp3) is 0.667. The summed E-state index contributed by atoms with van der Waals surface area (Å²) in [6.45, 7) is 4.11. The summed E-state index contributed by atoms with van der Waals surface area (Å²) in [5, 5.41) is 13.9. The molecule has 0 saturated heterocycles. The van der Waals surface area contributed by atoms with E-state index in [1.807, 2.05) is 13.8 Å². The Bertz CT molecular complexity index is 297. The van der Waals surface area contributed by atoms with Crippen LogP contribution in [0.2, 0.25) is 0 Å². The molecule has 17 heavy (non-hydrogen) atoms. The molecule has 96 valence electrons. The molecule has 0 aliphatic heterocycles. The van der Waals surface area contributed by atoms with Gasteiger partial charge in [0.15, 0.2) is 0 Å². The van der Waals surface area contributed by atoms with Crippen molar-refractivity contribution in [2.45, 2.75) is 39.2 Å². The first-order valence-corrected chi connectivity index (χ1v) is 5.75. The fourth-order valence-corrected chi connectivity index (χ4v) is 1.32. The highest BCUT2D eigenvalue weighted by Crippen LogP contribution is 2.06. The van der Waals surface area contributed by atoms with Crippen molar-refractivity contribution in [3.8, 4) is 12.3 Å². The van der Waals surface area contributed by atoms with E-state index in [0.717, 1.165) is 0 Å². The van der Waals surface area contributed by atoms with E-state index in [2.05, 4.69) is 16.6 Å². The number of carbonyl (C=O) groups excluding carboxylic acids is 1. The minimum atomic E-state index is -0.853. The van der Waals surface area contributed by atoms with Crippen molar-refractivity contribution in [2.24, 2.45) is 5.92 Å². The molecule has 5 heteroatoms. The Labute approximate surface area is 102 Å². The zero-order valence-corrected chi connectivity index (χ0v) is 10.3. The van der Waals surface area contributed by atoms with Crippen LogP contribution in [-0.4, -0.2) is 29.7 Å². The summed E-state index contributed by atoms with van der Waals surface area (Å²) in [6.07, 6.45) is 6.64. The summed E-state index contributed by atoms with van der Waals surface area (Å²) in [5.41, 5.74) is 0. The molecule has 0 aromatic carbocycles. The van der Waals surface area contributed by atoms with Crippen molar-refractivity contribution in [1.29, 1.82) is 0 Å². The molecule has 3 N–H and O–H groups in total. The van der Waals surface area contributed by atoms with Gasteiger partial charge >= 0.3 is 12.0 Å². The van der Waals surface area contributed by atoms with Gasteiger partial charge in [0.1, 0.15) is 0 Å². The molecule has 0 spiro atoms. The van der Waals surface area contributed by atoms with Crippen LogP contribution < -0.4 is 10.6 Å². The quantitative estimate of drug-likeness (QED) is 0.585. The second kappa shape index (κ2) is 8.45. The standard InChI is InChI=1S/C12H20N2O3/c1-4-9(7-11(15)16)8-13-12(17)14-10(5-2)6-3/h2,9-10H,4,6-8H2,1,3H3,(H,15,16)(H2,13,14,17). The van der Waals surface area contributed by atoms with Gasteiger partial charge in [-0.05, 0) is 12.3 Å². The van der Waals surface area contributed by atoms with Gasteiger partial charge in [-0.3, -0.25) is 4.79 Å². The molecule has 0 saturated carbocycles. The highest BCUT2D eigenvalue weighted by Gasteiger charge is 2.13. The Hall–Kier alpha value is -1.70. The first-order chi connectivity index (χ1) is 8.03. The van der Waals surface area contributed by atoms with Crippen LogP contribution in [0.1, 0.15) is 33.1 Å². The van der Waals surface area contributed by atoms with Gasteiger partial charge in [-0.2, -0.15) is 0 Å². The summed E-state index contributed by atoms with van der Waals surface area (Å²) in [6, 6.07) is -0.631. The third-order valence-corrected chi connectivity index (χ3v) is 2.51. The van der Waals surface area contributed by atoms with E-state index in [1.54, 1.807) is 0 Å². The van der Waals surface area contributed by atoms with E-state index in [1.165, 1.54) is 0 Å². The number of aliphatic carboxylic acids is 1. The largest absolute Gasteiger partial charge is 0.481 e. The van der Waals surface area contributed by atoms with Gasteiger partial charge in [-0.25, -0.2) is 4.79 Å². The van der Waals surface area contributed by atoms with E-state index in [-0.39, 0.29) is 24.4 Å². The smallest absolute Gasteiger partial charge is 0.315 e. The molecule has 2 atom stereocenters. The Morgan fingerprint density at radius 1 is 1.35 bits per heavy atom. The van der Waals surface area contributed by atoms with Gasteiger partial charge in [0.25, 0.3) is 0 Å². The van der Waals surface area contributed by atoms with Crippen LogP contribution in [-0.2, 0) is 4.79 Å². The summed E-state index contributed by atoms with van der Waals surface area (Å²) < 4.78 is 0. The lowest BCUT2D eigenvalue weighted by Gasteiger charge is -2.15. The third kappa shape index (κ3) is 7.23. The number of carbonyl (C=O) groups is 2.